The predicted molar refractivity (Wildman–Crippen MR) is 59.0 cm³/mol. The van der Waals surface area contributed by atoms with E-state index in [4.69, 9.17) is 0 Å². The van der Waals surface area contributed by atoms with E-state index in [1.54, 1.807) is 0 Å². The van der Waals surface area contributed by atoms with Gasteiger partial charge < -0.3 is 4.90 Å². The summed E-state index contributed by atoms with van der Waals surface area (Å²) in [7, 11) is 0. The Morgan fingerprint density at radius 1 is 0.923 bits per heavy atom. The Hall–Kier alpha value is -0.0400. The molecule has 0 radical (unpaired) electrons. The summed E-state index contributed by atoms with van der Waals surface area (Å²) < 4.78 is 0. The van der Waals surface area contributed by atoms with Crippen molar-refractivity contribution in [1.82, 2.24) is 4.90 Å². The normalized spacial score (nSPS) is 19.6. The summed E-state index contributed by atoms with van der Waals surface area (Å²) in [6, 6.07) is 0.898. The fourth-order valence-electron chi connectivity index (χ4n) is 2.46. The molecular formula is C12H25N. The van der Waals surface area contributed by atoms with Crippen molar-refractivity contribution in [1.29, 1.82) is 0 Å². The molecule has 1 heterocycles. The molecule has 0 amide bonds. The number of rotatable bonds is 5. The van der Waals surface area contributed by atoms with Gasteiger partial charge in [0.25, 0.3) is 0 Å². The van der Waals surface area contributed by atoms with Crippen molar-refractivity contribution in [2.45, 2.75) is 64.8 Å². The molecule has 0 atom stereocenters. The quantitative estimate of drug-likeness (QED) is 0.631. The number of piperidine rings is 1. The minimum absolute atomic E-state index is 0.898. The number of nitrogens with zero attached hydrogens (tertiary/aromatic N) is 1. The highest BCUT2D eigenvalue weighted by atomic mass is 15.2. The Bertz CT molecular complexity index is 110. The SMILES string of the molecule is CCCC(CCC)N1CCCCC1. The molecule has 0 saturated carbocycles. The Labute approximate surface area is 83.5 Å². The van der Waals surface area contributed by atoms with Crippen LogP contribution in [0.3, 0.4) is 0 Å². The van der Waals surface area contributed by atoms with E-state index in [0.717, 1.165) is 6.04 Å². The summed E-state index contributed by atoms with van der Waals surface area (Å²) in [4.78, 5) is 2.73. The second kappa shape index (κ2) is 6.42. The van der Waals surface area contributed by atoms with E-state index in [1.165, 1.54) is 58.0 Å². The molecule has 0 spiro atoms. The van der Waals surface area contributed by atoms with Gasteiger partial charge in [-0.05, 0) is 38.8 Å². The number of hydrogen-bond donors (Lipinski definition) is 0. The molecule has 0 aromatic carbocycles. The highest BCUT2D eigenvalue weighted by Gasteiger charge is 2.18. The molecule has 1 fully saturated rings. The van der Waals surface area contributed by atoms with Gasteiger partial charge in [0.05, 0.1) is 0 Å². The molecule has 1 heteroatoms. The molecule has 78 valence electrons. The van der Waals surface area contributed by atoms with Crippen molar-refractivity contribution in [3.05, 3.63) is 0 Å². The fourth-order valence-corrected chi connectivity index (χ4v) is 2.46. The van der Waals surface area contributed by atoms with Crippen molar-refractivity contribution in [3.8, 4) is 0 Å². The summed E-state index contributed by atoms with van der Waals surface area (Å²) in [6.07, 6.45) is 9.85. The first-order valence-corrected chi connectivity index (χ1v) is 6.12. The summed E-state index contributed by atoms with van der Waals surface area (Å²) >= 11 is 0. The summed E-state index contributed by atoms with van der Waals surface area (Å²) in [5.74, 6) is 0. The van der Waals surface area contributed by atoms with Crippen molar-refractivity contribution in [2.75, 3.05) is 13.1 Å². The van der Waals surface area contributed by atoms with Gasteiger partial charge in [-0.1, -0.05) is 33.1 Å². The maximum atomic E-state index is 2.73. The Balaban J connectivity index is 2.32. The minimum Gasteiger partial charge on any atom is -0.300 e. The van der Waals surface area contributed by atoms with Gasteiger partial charge in [-0.25, -0.2) is 0 Å². The molecule has 0 bridgehead atoms. The van der Waals surface area contributed by atoms with Crippen LogP contribution in [0, 0.1) is 0 Å². The largest absolute Gasteiger partial charge is 0.300 e. The lowest BCUT2D eigenvalue weighted by Gasteiger charge is -2.34. The van der Waals surface area contributed by atoms with E-state index < -0.39 is 0 Å². The maximum Gasteiger partial charge on any atom is 0.00950 e. The molecule has 1 nitrogen and oxygen atoms in total. The van der Waals surface area contributed by atoms with Crippen molar-refractivity contribution in [2.24, 2.45) is 0 Å². The molecule has 13 heavy (non-hydrogen) atoms. The zero-order chi connectivity index (χ0) is 9.52. The smallest absolute Gasteiger partial charge is 0.00950 e. The molecular weight excluding hydrogens is 158 g/mol. The summed E-state index contributed by atoms with van der Waals surface area (Å²) in [5.41, 5.74) is 0. The van der Waals surface area contributed by atoms with Crippen LogP contribution >= 0.6 is 0 Å². The van der Waals surface area contributed by atoms with Crippen LogP contribution in [0.4, 0.5) is 0 Å². The lowest BCUT2D eigenvalue weighted by atomic mass is 10.0. The van der Waals surface area contributed by atoms with Crippen molar-refractivity contribution >= 4 is 0 Å². The van der Waals surface area contributed by atoms with Crippen LogP contribution in [0.25, 0.3) is 0 Å². The first kappa shape index (κ1) is 11.0. The van der Waals surface area contributed by atoms with Crippen LogP contribution in [0.2, 0.25) is 0 Å². The Morgan fingerprint density at radius 2 is 1.46 bits per heavy atom. The zero-order valence-electron chi connectivity index (χ0n) is 9.39. The molecule has 0 aliphatic carbocycles. The van der Waals surface area contributed by atoms with Crippen LogP contribution in [-0.4, -0.2) is 24.0 Å². The Morgan fingerprint density at radius 3 is 1.92 bits per heavy atom. The van der Waals surface area contributed by atoms with Crippen LogP contribution in [0.1, 0.15) is 58.8 Å². The average molecular weight is 183 g/mol. The van der Waals surface area contributed by atoms with Crippen LogP contribution in [0.15, 0.2) is 0 Å². The lowest BCUT2D eigenvalue weighted by molar-refractivity contribution is 0.146. The van der Waals surface area contributed by atoms with Gasteiger partial charge in [0.1, 0.15) is 0 Å². The van der Waals surface area contributed by atoms with Gasteiger partial charge in [0, 0.05) is 6.04 Å². The Kier molecular flexibility index (Phi) is 5.45. The first-order chi connectivity index (χ1) is 6.38. The standard InChI is InChI=1S/C12H25N/c1-3-8-12(9-4-2)13-10-6-5-7-11-13/h12H,3-11H2,1-2H3. The number of likely N-dealkylation sites (tertiary alicyclic amines) is 1. The molecule has 0 aromatic heterocycles. The van der Waals surface area contributed by atoms with Gasteiger partial charge in [-0.2, -0.15) is 0 Å². The van der Waals surface area contributed by atoms with Gasteiger partial charge >= 0.3 is 0 Å². The van der Waals surface area contributed by atoms with Crippen LogP contribution < -0.4 is 0 Å². The van der Waals surface area contributed by atoms with Gasteiger partial charge in [-0.15, -0.1) is 0 Å². The molecule has 1 rings (SSSR count). The molecule has 0 unspecified atom stereocenters. The van der Waals surface area contributed by atoms with Gasteiger partial charge in [-0.3, -0.25) is 0 Å². The molecule has 1 aliphatic heterocycles. The van der Waals surface area contributed by atoms with E-state index in [2.05, 4.69) is 18.7 Å². The van der Waals surface area contributed by atoms with E-state index >= 15 is 0 Å². The van der Waals surface area contributed by atoms with E-state index in [0.29, 0.717) is 0 Å². The first-order valence-electron chi connectivity index (χ1n) is 6.12. The highest BCUT2D eigenvalue weighted by molar-refractivity contribution is 4.74. The molecule has 1 saturated heterocycles. The fraction of sp³-hybridized carbons (Fsp3) is 1.00. The molecule has 0 aromatic rings. The monoisotopic (exact) mass is 183 g/mol. The predicted octanol–water partition coefficient (Wildman–Crippen LogP) is 3.44. The van der Waals surface area contributed by atoms with E-state index in [9.17, 15) is 0 Å². The van der Waals surface area contributed by atoms with Gasteiger partial charge in [0.2, 0.25) is 0 Å². The summed E-state index contributed by atoms with van der Waals surface area (Å²) in [6.45, 7) is 7.36. The number of hydrogen-bond acceptors (Lipinski definition) is 1. The minimum atomic E-state index is 0.898. The van der Waals surface area contributed by atoms with Crippen molar-refractivity contribution < 1.29 is 0 Å². The third kappa shape index (κ3) is 3.68. The second-order valence-electron chi connectivity index (χ2n) is 4.33. The molecule has 0 N–H and O–H groups in total. The third-order valence-electron chi connectivity index (χ3n) is 3.15. The second-order valence-corrected chi connectivity index (χ2v) is 4.33. The lowest BCUT2D eigenvalue weighted by Crippen LogP contribution is -2.39. The maximum absolute atomic E-state index is 2.73. The topological polar surface area (TPSA) is 3.24 Å². The van der Waals surface area contributed by atoms with Gasteiger partial charge in [0.15, 0.2) is 0 Å². The van der Waals surface area contributed by atoms with Crippen LogP contribution in [0.5, 0.6) is 0 Å². The molecule has 1 aliphatic rings. The van der Waals surface area contributed by atoms with E-state index in [-0.39, 0.29) is 0 Å². The summed E-state index contributed by atoms with van der Waals surface area (Å²) in [5, 5.41) is 0. The van der Waals surface area contributed by atoms with Crippen molar-refractivity contribution in [3.63, 3.8) is 0 Å². The third-order valence-corrected chi connectivity index (χ3v) is 3.15. The highest BCUT2D eigenvalue weighted by Crippen LogP contribution is 2.18. The van der Waals surface area contributed by atoms with Crippen LogP contribution in [-0.2, 0) is 0 Å². The van der Waals surface area contributed by atoms with E-state index in [1.807, 2.05) is 0 Å². The average Bonchev–Trinajstić information content (AvgIpc) is 2.19. The zero-order valence-corrected chi connectivity index (χ0v) is 9.39.